The molecule has 2 aromatic heterocycles. The van der Waals surface area contributed by atoms with E-state index in [0.717, 1.165) is 5.56 Å². The molecule has 154 valence electrons. The van der Waals surface area contributed by atoms with Gasteiger partial charge in [0.1, 0.15) is 5.75 Å². The van der Waals surface area contributed by atoms with Crippen molar-refractivity contribution >= 4 is 10.8 Å². The van der Waals surface area contributed by atoms with Crippen LogP contribution in [0.4, 0.5) is 13.2 Å². The van der Waals surface area contributed by atoms with Crippen molar-refractivity contribution in [3.63, 3.8) is 0 Å². The minimum atomic E-state index is -4.73. The predicted octanol–water partition coefficient (Wildman–Crippen LogP) is 4.17. The van der Waals surface area contributed by atoms with Crippen molar-refractivity contribution in [3.05, 3.63) is 77.0 Å². The monoisotopic (exact) mass is 414 g/mol. The second kappa shape index (κ2) is 7.66. The number of rotatable bonds is 5. The van der Waals surface area contributed by atoms with Gasteiger partial charge in [0, 0.05) is 17.8 Å². The maximum atomic E-state index is 12.8. The van der Waals surface area contributed by atoms with E-state index in [1.807, 2.05) is 25.3 Å². The molecular formula is C21H17F3N4O2. The average molecular weight is 414 g/mol. The van der Waals surface area contributed by atoms with Crippen LogP contribution in [0.5, 0.6) is 5.75 Å². The van der Waals surface area contributed by atoms with E-state index in [2.05, 4.69) is 14.9 Å². The zero-order valence-electron chi connectivity index (χ0n) is 15.9. The van der Waals surface area contributed by atoms with Crippen LogP contribution < -0.4 is 10.3 Å². The molecule has 4 rings (SSSR count). The minimum absolute atomic E-state index is 0.205. The fourth-order valence-electron chi connectivity index (χ4n) is 3.26. The van der Waals surface area contributed by atoms with Crippen molar-refractivity contribution in [2.24, 2.45) is 0 Å². The first-order valence-corrected chi connectivity index (χ1v) is 9.15. The highest BCUT2D eigenvalue weighted by molar-refractivity contribution is 5.88. The largest absolute Gasteiger partial charge is 0.573 e. The van der Waals surface area contributed by atoms with Crippen LogP contribution in [-0.4, -0.2) is 25.9 Å². The standard InChI is InChI=1S/C21H17F3N4O2/c1-14-19-13-16(15-3-6-17(7-4-15)30-21(22,23)24)5-8-18(19)20(29)28(26-14)12-11-27-10-2-9-25-27/h2-10,13H,11-12H2,1H3. The molecule has 0 spiro atoms. The molecule has 2 aromatic carbocycles. The quantitative estimate of drug-likeness (QED) is 0.492. The van der Waals surface area contributed by atoms with Crippen LogP contribution >= 0.6 is 0 Å². The number of nitrogens with zero attached hydrogens (tertiary/aromatic N) is 4. The molecule has 0 radical (unpaired) electrons. The molecule has 0 atom stereocenters. The Balaban J connectivity index is 1.63. The van der Waals surface area contributed by atoms with Gasteiger partial charge in [-0.2, -0.15) is 10.2 Å². The van der Waals surface area contributed by atoms with Crippen LogP contribution in [0, 0.1) is 6.92 Å². The summed E-state index contributed by atoms with van der Waals surface area (Å²) in [6, 6.07) is 12.7. The lowest BCUT2D eigenvalue weighted by Crippen LogP contribution is -2.26. The minimum Gasteiger partial charge on any atom is -0.406 e. The number of aryl methyl sites for hydroxylation is 3. The van der Waals surface area contributed by atoms with E-state index in [0.29, 0.717) is 35.1 Å². The van der Waals surface area contributed by atoms with Gasteiger partial charge in [-0.15, -0.1) is 13.2 Å². The summed E-state index contributed by atoms with van der Waals surface area (Å²) in [4.78, 5) is 12.8. The zero-order valence-corrected chi connectivity index (χ0v) is 15.9. The lowest BCUT2D eigenvalue weighted by Gasteiger charge is -2.11. The van der Waals surface area contributed by atoms with Gasteiger partial charge in [0.25, 0.3) is 5.56 Å². The predicted molar refractivity (Wildman–Crippen MR) is 105 cm³/mol. The summed E-state index contributed by atoms with van der Waals surface area (Å²) in [5.41, 5.74) is 1.94. The third-order valence-electron chi connectivity index (χ3n) is 4.67. The summed E-state index contributed by atoms with van der Waals surface area (Å²) in [5, 5.41) is 9.76. The summed E-state index contributed by atoms with van der Waals surface area (Å²) in [7, 11) is 0. The van der Waals surface area contributed by atoms with Gasteiger partial charge in [0.05, 0.1) is 24.2 Å². The zero-order chi connectivity index (χ0) is 21.3. The van der Waals surface area contributed by atoms with Crippen LogP contribution in [0.25, 0.3) is 21.9 Å². The Kier molecular flexibility index (Phi) is 5.03. The lowest BCUT2D eigenvalue weighted by molar-refractivity contribution is -0.274. The van der Waals surface area contributed by atoms with Crippen LogP contribution in [0.15, 0.2) is 65.7 Å². The Bertz CT molecular complexity index is 1230. The molecule has 30 heavy (non-hydrogen) atoms. The third-order valence-corrected chi connectivity index (χ3v) is 4.67. The SMILES string of the molecule is Cc1nn(CCn2cccn2)c(=O)c2ccc(-c3ccc(OC(F)(F)F)cc3)cc12. The van der Waals surface area contributed by atoms with Crippen LogP contribution in [-0.2, 0) is 13.1 Å². The Morgan fingerprint density at radius 1 is 1.00 bits per heavy atom. The number of fused-ring (bicyclic) bond motifs is 1. The Morgan fingerprint density at radius 3 is 2.40 bits per heavy atom. The van der Waals surface area contributed by atoms with Gasteiger partial charge in [-0.1, -0.05) is 18.2 Å². The fourth-order valence-corrected chi connectivity index (χ4v) is 3.26. The molecule has 0 saturated carbocycles. The molecule has 2 heterocycles. The van der Waals surface area contributed by atoms with Crippen LogP contribution in [0.3, 0.4) is 0 Å². The number of aromatic nitrogens is 4. The van der Waals surface area contributed by atoms with E-state index in [9.17, 15) is 18.0 Å². The van der Waals surface area contributed by atoms with Crippen molar-refractivity contribution in [1.29, 1.82) is 0 Å². The van der Waals surface area contributed by atoms with Gasteiger partial charge in [-0.3, -0.25) is 9.48 Å². The van der Waals surface area contributed by atoms with E-state index in [1.165, 1.54) is 28.9 Å². The Morgan fingerprint density at radius 2 is 1.73 bits per heavy atom. The number of alkyl halides is 3. The number of ether oxygens (including phenoxy) is 1. The van der Waals surface area contributed by atoms with Crippen LogP contribution in [0.1, 0.15) is 5.69 Å². The molecule has 0 N–H and O–H groups in total. The van der Waals surface area contributed by atoms with Crippen molar-refractivity contribution in [2.45, 2.75) is 26.4 Å². The molecule has 0 amide bonds. The molecule has 6 nitrogen and oxygen atoms in total. The second-order valence-corrected chi connectivity index (χ2v) is 6.72. The van der Waals surface area contributed by atoms with Gasteiger partial charge in [0.2, 0.25) is 0 Å². The highest BCUT2D eigenvalue weighted by atomic mass is 19.4. The normalized spacial score (nSPS) is 11.7. The summed E-state index contributed by atoms with van der Waals surface area (Å²) in [5.74, 6) is -0.287. The molecule has 0 aliphatic rings. The molecule has 0 aliphatic carbocycles. The number of halogens is 3. The van der Waals surface area contributed by atoms with E-state index in [1.54, 1.807) is 23.0 Å². The van der Waals surface area contributed by atoms with E-state index in [4.69, 9.17) is 0 Å². The van der Waals surface area contributed by atoms with Crippen molar-refractivity contribution in [1.82, 2.24) is 19.6 Å². The molecule has 0 aliphatic heterocycles. The fraction of sp³-hybridized carbons (Fsp3) is 0.190. The molecule has 0 bridgehead atoms. The van der Waals surface area contributed by atoms with E-state index < -0.39 is 6.36 Å². The second-order valence-electron chi connectivity index (χ2n) is 6.72. The van der Waals surface area contributed by atoms with Gasteiger partial charge in [-0.25, -0.2) is 4.68 Å². The Labute approximate surface area is 169 Å². The van der Waals surface area contributed by atoms with Crippen molar-refractivity contribution in [3.8, 4) is 16.9 Å². The lowest BCUT2D eigenvalue weighted by atomic mass is 10.0. The molecule has 0 saturated heterocycles. The van der Waals surface area contributed by atoms with Crippen LogP contribution in [0.2, 0.25) is 0 Å². The van der Waals surface area contributed by atoms with E-state index in [-0.39, 0.29) is 11.3 Å². The molecule has 4 aromatic rings. The summed E-state index contributed by atoms with van der Waals surface area (Å²) < 4.78 is 44.0. The molecular weight excluding hydrogens is 397 g/mol. The van der Waals surface area contributed by atoms with E-state index >= 15 is 0 Å². The van der Waals surface area contributed by atoms with Gasteiger partial charge >= 0.3 is 6.36 Å². The summed E-state index contributed by atoms with van der Waals surface area (Å²) in [6.45, 7) is 2.73. The number of hydrogen-bond donors (Lipinski definition) is 0. The third kappa shape index (κ3) is 4.19. The highest BCUT2D eigenvalue weighted by Crippen LogP contribution is 2.28. The van der Waals surface area contributed by atoms with Gasteiger partial charge in [0.15, 0.2) is 0 Å². The highest BCUT2D eigenvalue weighted by Gasteiger charge is 2.30. The number of hydrogen-bond acceptors (Lipinski definition) is 4. The maximum Gasteiger partial charge on any atom is 0.573 e. The Hall–Kier alpha value is -3.62. The summed E-state index contributed by atoms with van der Waals surface area (Å²) in [6.07, 6.45) is -1.24. The first-order chi connectivity index (χ1) is 14.3. The summed E-state index contributed by atoms with van der Waals surface area (Å²) >= 11 is 0. The van der Waals surface area contributed by atoms with Crippen molar-refractivity contribution in [2.75, 3.05) is 0 Å². The van der Waals surface area contributed by atoms with Crippen molar-refractivity contribution < 1.29 is 17.9 Å². The first-order valence-electron chi connectivity index (χ1n) is 9.15. The topological polar surface area (TPSA) is 61.9 Å². The van der Waals surface area contributed by atoms with Gasteiger partial charge in [-0.05, 0) is 48.4 Å². The van der Waals surface area contributed by atoms with Gasteiger partial charge < -0.3 is 4.74 Å². The number of benzene rings is 2. The molecule has 0 fully saturated rings. The molecule has 0 unspecified atom stereocenters. The molecule has 9 heteroatoms. The smallest absolute Gasteiger partial charge is 0.406 e. The average Bonchev–Trinajstić information content (AvgIpc) is 3.22. The maximum absolute atomic E-state index is 12.8. The first kappa shape index (κ1) is 19.7.